The van der Waals surface area contributed by atoms with E-state index in [0.717, 1.165) is 19.4 Å². The molecule has 1 saturated heterocycles. The SMILES string of the molecule is CC(S)C(=O)N1CCCCCC1C. The molecule has 2 unspecified atom stereocenters. The molecule has 1 fully saturated rings. The zero-order valence-electron chi connectivity index (χ0n) is 8.49. The Balaban J connectivity index is 2.58. The van der Waals surface area contributed by atoms with Crippen molar-refractivity contribution in [2.24, 2.45) is 0 Å². The lowest BCUT2D eigenvalue weighted by atomic mass is 10.1. The standard InChI is InChI=1S/C10H19NOS/c1-8-6-4-3-5-7-11(8)10(12)9(2)13/h8-9,13H,3-7H2,1-2H3. The molecule has 2 nitrogen and oxygen atoms in total. The van der Waals surface area contributed by atoms with Gasteiger partial charge in [-0.15, -0.1) is 0 Å². The minimum atomic E-state index is -0.152. The summed E-state index contributed by atoms with van der Waals surface area (Å²) in [7, 11) is 0. The number of hydrogen-bond acceptors (Lipinski definition) is 2. The van der Waals surface area contributed by atoms with Crippen LogP contribution >= 0.6 is 12.6 Å². The fourth-order valence-corrected chi connectivity index (χ4v) is 1.99. The van der Waals surface area contributed by atoms with Gasteiger partial charge in [0, 0.05) is 12.6 Å². The average Bonchev–Trinajstić information content (AvgIpc) is 2.28. The second-order valence-corrected chi connectivity index (χ2v) is 4.68. The Labute approximate surface area is 86.1 Å². The van der Waals surface area contributed by atoms with Gasteiger partial charge >= 0.3 is 0 Å². The van der Waals surface area contributed by atoms with Gasteiger partial charge in [0.1, 0.15) is 0 Å². The largest absolute Gasteiger partial charge is 0.339 e. The van der Waals surface area contributed by atoms with Crippen LogP contribution in [0, 0.1) is 0 Å². The van der Waals surface area contributed by atoms with Gasteiger partial charge < -0.3 is 4.90 Å². The summed E-state index contributed by atoms with van der Waals surface area (Å²) in [6.07, 6.45) is 4.81. The molecule has 1 rings (SSSR count). The first-order valence-electron chi connectivity index (χ1n) is 5.11. The number of likely N-dealkylation sites (tertiary alicyclic amines) is 1. The second-order valence-electron chi connectivity index (χ2n) is 3.91. The van der Waals surface area contributed by atoms with Crippen LogP contribution in [-0.2, 0) is 4.79 Å². The number of nitrogens with zero attached hydrogens (tertiary/aromatic N) is 1. The van der Waals surface area contributed by atoms with Crippen LogP contribution in [0.5, 0.6) is 0 Å². The monoisotopic (exact) mass is 201 g/mol. The lowest BCUT2D eigenvalue weighted by Gasteiger charge is -2.28. The molecule has 76 valence electrons. The molecule has 0 bridgehead atoms. The molecular formula is C10H19NOS. The Morgan fingerprint density at radius 3 is 2.77 bits per heavy atom. The molecule has 0 N–H and O–H groups in total. The molecule has 0 saturated carbocycles. The summed E-state index contributed by atoms with van der Waals surface area (Å²) < 4.78 is 0. The van der Waals surface area contributed by atoms with E-state index in [0.29, 0.717) is 6.04 Å². The summed E-state index contributed by atoms with van der Waals surface area (Å²) in [4.78, 5) is 13.7. The molecule has 1 heterocycles. The molecule has 0 aromatic rings. The van der Waals surface area contributed by atoms with Crippen LogP contribution in [0.1, 0.15) is 39.5 Å². The van der Waals surface area contributed by atoms with Crippen molar-refractivity contribution < 1.29 is 4.79 Å². The number of amides is 1. The Morgan fingerprint density at radius 1 is 1.46 bits per heavy atom. The quantitative estimate of drug-likeness (QED) is 0.644. The molecule has 1 amide bonds. The molecule has 2 atom stereocenters. The number of thiol groups is 1. The van der Waals surface area contributed by atoms with Crippen molar-refractivity contribution in [2.75, 3.05) is 6.54 Å². The van der Waals surface area contributed by atoms with Gasteiger partial charge in [-0.25, -0.2) is 0 Å². The topological polar surface area (TPSA) is 20.3 Å². The van der Waals surface area contributed by atoms with E-state index in [4.69, 9.17) is 0 Å². The van der Waals surface area contributed by atoms with E-state index in [1.54, 1.807) is 0 Å². The summed E-state index contributed by atoms with van der Waals surface area (Å²) >= 11 is 4.19. The third kappa shape index (κ3) is 2.90. The number of rotatable bonds is 1. The fourth-order valence-electron chi connectivity index (χ4n) is 1.84. The number of carbonyl (C=O) groups excluding carboxylic acids is 1. The maximum atomic E-state index is 11.7. The molecule has 1 aliphatic rings. The maximum absolute atomic E-state index is 11.7. The van der Waals surface area contributed by atoms with E-state index in [1.807, 2.05) is 11.8 Å². The van der Waals surface area contributed by atoms with Crippen molar-refractivity contribution >= 4 is 18.5 Å². The summed E-state index contributed by atoms with van der Waals surface area (Å²) in [6, 6.07) is 0.407. The van der Waals surface area contributed by atoms with E-state index in [9.17, 15) is 4.79 Å². The van der Waals surface area contributed by atoms with Gasteiger partial charge in [-0.1, -0.05) is 12.8 Å². The smallest absolute Gasteiger partial charge is 0.235 e. The van der Waals surface area contributed by atoms with E-state index in [-0.39, 0.29) is 11.2 Å². The third-order valence-electron chi connectivity index (χ3n) is 2.69. The minimum Gasteiger partial charge on any atom is -0.339 e. The molecule has 0 aromatic heterocycles. The first-order valence-corrected chi connectivity index (χ1v) is 5.63. The van der Waals surface area contributed by atoms with Gasteiger partial charge in [-0.05, 0) is 26.7 Å². The highest BCUT2D eigenvalue weighted by Gasteiger charge is 2.23. The highest BCUT2D eigenvalue weighted by atomic mass is 32.1. The first kappa shape index (κ1) is 10.9. The van der Waals surface area contributed by atoms with Crippen molar-refractivity contribution in [1.29, 1.82) is 0 Å². The van der Waals surface area contributed by atoms with Gasteiger partial charge in [0.05, 0.1) is 5.25 Å². The number of hydrogen-bond donors (Lipinski definition) is 1. The molecule has 0 radical (unpaired) electrons. The van der Waals surface area contributed by atoms with Gasteiger partial charge in [-0.3, -0.25) is 4.79 Å². The zero-order chi connectivity index (χ0) is 9.84. The molecule has 0 aromatic carbocycles. The van der Waals surface area contributed by atoms with Crippen LogP contribution < -0.4 is 0 Å². The van der Waals surface area contributed by atoms with Crippen LogP contribution in [0.4, 0.5) is 0 Å². The molecule has 0 spiro atoms. The predicted molar refractivity (Wildman–Crippen MR) is 58.1 cm³/mol. The van der Waals surface area contributed by atoms with Gasteiger partial charge in [-0.2, -0.15) is 12.6 Å². The van der Waals surface area contributed by atoms with Gasteiger partial charge in [0.2, 0.25) is 5.91 Å². The van der Waals surface area contributed by atoms with Crippen LogP contribution in [0.2, 0.25) is 0 Å². The van der Waals surface area contributed by atoms with E-state index < -0.39 is 0 Å². The van der Waals surface area contributed by atoms with E-state index in [2.05, 4.69) is 19.6 Å². The van der Waals surface area contributed by atoms with Crippen molar-refractivity contribution in [2.45, 2.75) is 50.8 Å². The highest BCUT2D eigenvalue weighted by Crippen LogP contribution is 2.17. The number of carbonyl (C=O) groups is 1. The summed E-state index contributed by atoms with van der Waals surface area (Å²) in [5.74, 6) is 0.192. The molecular weight excluding hydrogens is 182 g/mol. The Morgan fingerprint density at radius 2 is 2.15 bits per heavy atom. The summed E-state index contributed by atoms with van der Waals surface area (Å²) in [5, 5.41) is -0.152. The van der Waals surface area contributed by atoms with E-state index in [1.165, 1.54) is 12.8 Å². The molecule has 1 aliphatic heterocycles. The lowest BCUT2D eigenvalue weighted by molar-refractivity contribution is -0.132. The van der Waals surface area contributed by atoms with Crippen molar-refractivity contribution in [1.82, 2.24) is 4.90 Å². The minimum absolute atomic E-state index is 0.152. The third-order valence-corrected chi connectivity index (χ3v) is 2.91. The zero-order valence-corrected chi connectivity index (χ0v) is 9.39. The molecule has 13 heavy (non-hydrogen) atoms. The van der Waals surface area contributed by atoms with Gasteiger partial charge in [0.25, 0.3) is 0 Å². The van der Waals surface area contributed by atoms with Crippen LogP contribution in [-0.4, -0.2) is 28.6 Å². The predicted octanol–water partition coefficient (Wildman–Crippen LogP) is 2.10. The van der Waals surface area contributed by atoms with Crippen LogP contribution in [0.25, 0.3) is 0 Å². The van der Waals surface area contributed by atoms with Crippen LogP contribution in [0.15, 0.2) is 0 Å². The van der Waals surface area contributed by atoms with E-state index >= 15 is 0 Å². The normalized spacial score (nSPS) is 26.7. The van der Waals surface area contributed by atoms with Gasteiger partial charge in [0.15, 0.2) is 0 Å². The fraction of sp³-hybridized carbons (Fsp3) is 0.900. The average molecular weight is 201 g/mol. The Bertz CT molecular complexity index is 182. The van der Waals surface area contributed by atoms with Crippen molar-refractivity contribution in [3.63, 3.8) is 0 Å². The van der Waals surface area contributed by atoms with Crippen molar-refractivity contribution in [3.05, 3.63) is 0 Å². The van der Waals surface area contributed by atoms with Crippen molar-refractivity contribution in [3.8, 4) is 0 Å². The summed E-state index contributed by atoms with van der Waals surface area (Å²) in [5.41, 5.74) is 0. The maximum Gasteiger partial charge on any atom is 0.235 e. The Kier molecular flexibility index (Phi) is 4.10. The van der Waals surface area contributed by atoms with Crippen LogP contribution in [0.3, 0.4) is 0 Å². The summed E-state index contributed by atoms with van der Waals surface area (Å²) in [6.45, 7) is 4.91. The second kappa shape index (κ2) is 4.89. The lowest BCUT2D eigenvalue weighted by Crippen LogP contribution is -2.41. The Hall–Kier alpha value is -0.180. The molecule has 3 heteroatoms. The highest BCUT2D eigenvalue weighted by molar-refractivity contribution is 7.81. The molecule has 0 aliphatic carbocycles. The first-order chi connectivity index (χ1) is 6.13.